The van der Waals surface area contributed by atoms with E-state index >= 15 is 0 Å². The maximum absolute atomic E-state index is 13.4. The third-order valence-electron chi connectivity index (χ3n) is 2.90. The Morgan fingerprint density at radius 3 is 2.71 bits per heavy atom. The van der Waals surface area contributed by atoms with Crippen LogP contribution < -0.4 is 5.73 Å². The van der Waals surface area contributed by atoms with E-state index in [2.05, 4.69) is 15.5 Å². The molecular formula is C13H8Cl2FN5. The maximum Gasteiger partial charge on any atom is 0.189 e. The molecule has 0 unspecified atom stereocenters. The fourth-order valence-corrected chi connectivity index (χ4v) is 2.27. The summed E-state index contributed by atoms with van der Waals surface area (Å²) in [5.41, 5.74) is 7.13. The Morgan fingerprint density at radius 1 is 1.10 bits per heavy atom. The van der Waals surface area contributed by atoms with Crippen LogP contribution in [-0.4, -0.2) is 20.2 Å². The van der Waals surface area contributed by atoms with Crippen LogP contribution >= 0.6 is 23.2 Å². The van der Waals surface area contributed by atoms with Crippen LogP contribution in [0.1, 0.15) is 0 Å². The summed E-state index contributed by atoms with van der Waals surface area (Å²) >= 11 is 12.1. The zero-order chi connectivity index (χ0) is 15.0. The largest absolute Gasteiger partial charge is 0.397 e. The molecule has 0 atom stereocenters. The molecule has 1 aromatic heterocycles. The second-order valence-electron chi connectivity index (χ2n) is 4.21. The van der Waals surface area contributed by atoms with Gasteiger partial charge in [-0.1, -0.05) is 29.3 Å². The summed E-state index contributed by atoms with van der Waals surface area (Å²) in [5, 5.41) is 12.1. The first-order chi connectivity index (χ1) is 10.1. The lowest BCUT2D eigenvalue weighted by atomic mass is 10.1. The number of hydrogen-bond acceptors (Lipinski definition) is 4. The van der Waals surface area contributed by atoms with E-state index < -0.39 is 5.82 Å². The predicted molar refractivity (Wildman–Crippen MR) is 79.0 cm³/mol. The number of rotatable bonds is 2. The van der Waals surface area contributed by atoms with E-state index in [4.69, 9.17) is 28.9 Å². The molecule has 21 heavy (non-hydrogen) atoms. The van der Waals surface area contributed by atoms with Gasteiger partial charge in [-0.05, 0) is 34.7 Å². The molecule has 0 spiro atoms. The summed E-state index contributed by atoms with van der Waals surface area (Å²) in [6.07, 6.45) is 0. The van der Waals surface area contributed by atoms with Crippen molar-refractivity contribution < 1.29 is 4.39 Å². The van der Waals surface area contributed by atoms with E-state index in [-0.39, 0.29) is 0 Å². The van der Waals surface area contributed by atoms with Gasteiger partial charge in [0.15, 0.2) is 5.82 Å². The van der Waals surface area contributed by atoms with E-state index in [9.17, 15) is 4.39 Å². The molecule has 0 aliphatic carbocycles. The van der Waals surface area contributed by atoms with Crippen LogP contribution in [0, 0.1) is 5.82 Å². The van der Waals surface area contributed by atoms with Crippen molar-refractivity contribution >= 4 is 28.9 Å². The van der Waals surface area contributed by atoms with Gasteiger partial charge >= 0.3 is 0 Å². The Hall–Kier alpha value is -2.18. The molecule has 0 aliphatic rings. The van der Waals surface area contributed by atoms with Crippen LogP contribution in [0.15, 0.2) is 36.4 Å². The van der Waals surface area contributed by atoms with Crippen molar-refractivity contribution in [3.63, 3.8) is 0 Å². The third-order valence-corrected chi connectivity index (χ3v) is 3.55. The van der Waals surface area contributed by atoms with E-state index in [0.29, 0.717) is 32.8 Å². The smallest absolute Gasteiger partial charge is 0.189 e. The van der Waals surface area contributed by atoms with Crippen LogP contribution in [0.2, 0.25) is 10.0 Å². The van der Waals surface area contributed by atoms with Crippen molar-refractivity contribution in [2.45, 2.75) is 0 Å². The van der Waals surface area contributed by atoms with Gasteiger partial charge in [-0.3, -0.25) is 0 Å². The summed E-state index contributed by atoms with van der Waals surface area (Å²) < 4.78 is 14.7. The van der Waals surface area contributed by atoms with Gasteiger partial charge in [0.1, 0.15) is 5.82 Å². The maximum atomic E-state index is 13.4. The predicted octanol–water partition coefficient (Wildman–Crippen LogP) is 3.36. The van der Waals surface area contributed by atoms with Crippen molar-refractivity contribution in [3.05, 3.63) is 52.3 Å². The lowest BCUT2D eigenvalue weighted by Gasteiger charge is -2.09. The molecule has 3 rings (SSSR count). The summed E-state index contributed by atoms with van der Waals surface area (Å²) in [4.78, 5) is 0. The molecule has 0 fully saturated rings. The number of nitrogens with zero attached hydrogens (tertiary/aromatic N) is 4. The molecule has 8 heteroatoms. The fourth-order valence-electron chi connectivity index (χ4n) is 1.90. The third kappa shape index (κ3) is 2.43. The average molecular weight is 324 g/mol. The highest BCUT2D eigenvalue weighted by Crippen LogP contribution is 2.32. The molecular weight excluding hydrogens is 316 g/mol. The number of anilines is 1. The number of benzene rings is 2. The zero-order valence-corrected chi connectivity index (χ0v) is 12.0. The molecule has 1 heterocycles. The second kappa shape index (κ2) is 5.31. The minimum atomic E-state index is -0.449. The highest BCUT2D eigenvalue weighted by Gasteiger charge is 2.17. The Balaban J connectivity index is 2.22. The lowest BCUT2D eigenvalue weighted by molar-refractivity contribution is 0.625. The van der Waals surface area contributed by atoms with Crippen LogP contribution in [-0.2, 0) is 0 Å². The molecule has 2 N–H and O–H groups in total. The second-order valence-corrected chi connectivity index (χ2v) is 5.03. The van der Waals surface area contributed by atoms with Crippen molar-refractivity contribution in [1.29, 1.82) is 0 Å². The molecule has 0 radical (unpaired) electrons. The molecule has 0 saturated carbocycles. The minimum Gasteiger partial charge on any atom is -0.397 e. The topological polar surface area (TPSA) is 69.6 Å². The van der Waals surface area contributed by atoms with Crippen LogP contribution in [0.4, 0.5) is 10.1 Å². The summed E-state index contributed by atoms with van der Waals surface area (Å²) in [5.74, 6) is -0.127. The van der Waals surface area contributed by atoms with Gasteiger partial charge in [-0.15, -0.1) is 5.10 Å². The van der Waals surface area contributed by atoms with Crippen molar-refractivity contribution in [3.8, 4) is 17.1 Å². The van der Waals surface area contributed by atoms with Crippen LogP contribution in [0.3, 0.4) is 0 Å². The Morgan fingerprint density at radius 2 is 1.90 bits per heavy atom. The van der Waals surface area contributed by atoms with Gasteiger partial charge in [-0.25, -0.2) is 4.39 Å². The molecule has 0 saturated heterocycles. The normalized spacial score (nSPS) is 10.8. The highest BCUT2D eigenvalue weighted by atomic mass is 35.5. The van der Waals surface area contributed by atoms with Crippen molar-refractivity contribution in [2.75, 3.05) is 5.73 Å². The van der Waals surface area contributed by atoms with Gasteiger partial charge in [0.05, 0.1) is 21.4 Å². The summed E-state index contributed by atoms with van der Waals surface area (Å²) in [6, 6.07) is 9.02. The van der Waals surface area contributed by atoms with E-state index in [1.165, 1.54) is 22.9 Å². The standard InChI is InChI=1S/C13H8Cl2FN5/c14-9-5-4-7(16)6-11(9)21-13(18-19-20-21)8-2-1-3-10(15)12(8)17/h1-6H,17H2. The van der Waals surface area contributed by atoms with Crippen LogP contribution in [0.25, 0.3) is 17.1 Å². The zero-order valence-electron chi connectivity index (χ0n) is 10.5. The molecule has 2 aromatic carbocycles. The molecule has 5 nitrogen and oxygen atoms in total. The van der Waals surface area contributed by atoms with Crippen LogP contribution in [0.5, 0.6) is 0 Å². The SMILES string of the molecule is Nc1c(Cl)cccc1-c1nnnn1-c1cc(F)ccc1Cl. The molecule has 0 aliphatic heterocycles. The van der Waals surface area contributed by atoms with E-state index in [1.807, 2.05) is 0 Å². The Bertz CT molecular complexity index is 802. The first-order valence-corrected chi connectivity index (χ1v) is 6.61. The average Bonchev–Trinajstić information content (AvgIpc) is 2.93. The number of aromatic nitrogens is 4. The molecule has 106 valence electrons. The number of hydrogen-bond donors (Lipinski definition) is 1. The first-order valence-electron chi connectivity index (χ1n) is 5.86. The van der Waals surface area contributed by atoms with E-state index in [1.54, 1.807) is 18.2 Å². The van der Waals surface area contributed by atoms with E-state index in [0.717, 1.165) is 0 Å². The molecule has 0 amide bonds. The quantitative estimate of drug-likeness (QED) is 0.734. The Kier molecular flexibility index (Phi) is 3.48. The highest BCUT2D eigenvalue weighted by molar-refractivity contribution is 6.33. The lowest BCUT2D eigenvalue weighted by Crippen LogP contribution is -2.03. The number of tetrazole rings is 1. The van der Waals surface area contributed by atoms with Gasteiger partial charge in [0, 0.05) is 11.6 Å². The molecule has 3 aromatic rings. The Labute approximate surface area is 129 Å². The van der Waals surface area contributed by atoms with Gasteiger partial charge in [0.25, 0.3) is 0 Å². The van der Waals surface area contributed by atoms with Crippen molar-refractivity contribution in [2.24, 2.45) is 0 Å². The monoisotopic (exact) mass is 323 g/mol. The number of nitrogen functional groups attached to an aromatic ring is 1. The van der Waals surface area contributed by atoms with Gasteiger partial charge < -0.3 is 5.73 Å². The minimum absolute atomic E-state index is 0.311. The molecule has 0 bridgehead atoms. The van der Waals surface area contributed by atoms with Gasteiger partial charge in [0.2, 0.25) is 0 Å². The van der Waals surface area contributed by atoms with Gasteiger partial charge in [-0.2, -0.15) is 4.68 Å². The summed E-state index contributed by atoms with van der Waals surface area (Å²) in [6.45, 7) is 0. The number of nitrogens with two attached hydrogens (primary N) is 1. The summed E-state index contributed by atoms with van der Waals surface area (Å²) in [7, 11) is 0. The fraction of sp³-hybridized carbons (Fsp3) is 0. The number of para-hydroxylation sites is 1. The van der Waals surface area contributed by atoms with Crippen molar-refractivity contribution in [1.82, 2.24) is 20.2 Å². The first kappa shape index (κ1) is 13.8. The number of halogens is 3.